The van der Waals surface area contributed by atoms with Crippen molar-refractivity contribution in [2.75, 3.05) is 26.4 Å². The molecule has 0 saturated carbocycles. The second-order valence-corrected chi connectivity index (χ2v) is 17.1. The van der Waals surface area contributed by atoms with Crippen LogP contribution in [0.2, 0.25) is 0 Å². The van der Waals surface area contributed by atoms with Crippen molar-refractivity contribution in [2.24, 2.45) is 5.73 Å². The van der Waals surface area contributed by atoms with Crippen LogP contribution in [0.15, 0.2) is 36.5 Å². The lowest BCUT2D eigenvalue weighted by atomic mass is 10.0. The minimum Gasteiger partial charge on any atom is -0.462 e. The summed E-state index contributed by atoms with van der Waals surface area (Å²) >= 11 is 0. The maximum atomic E-state index is 12.6. The number of allylic oxidation sites excluding steroid dienone is 6. The fourth-order valence-electron chi connectivity index (χ4n) is 6.59. The Morgan fingerprint density at radius 1 is 0.544 bits per heavy atom. The molecule has 0 radical (unpaired) electrons. The zero-order valence-corrected chi connectivity index (χ0v) is 37.7. The maximum Gasteiger partial charge on any atom is 0.472 e. The molecule has 2 unspecified atom stereocenters. The van der Waals surface area contributed by atoms with Gasteiger partial charge in [-0.25, -0.2) is 4.57 Å². The van der Waals surface area contributed by atoms with Crippen LogP contribution in [0.4, 0.5) is 0 Å². The summed E-state index contributed by atoms with van der Waals surface area (Å²) in [5.41, 5.74) is 5.36. The van der Waals surface area contributed by atoms with Crippen molar-refractivity contribution in [1.82, 2.24) is 0 Å². The van der Waals surface area contributed by atoms with Gasteiger partial charge in [0.25, 0.3) is 0 Å². The summed E-state index contributed by atoms with van der Waals surface area (Å²) in [6.45, 7) is 3.64. The third-order valence-corrected chi connectivity index (χ3v) is 11.0. The van der Waals surface area contributed by atoms with Crippen LogP contribution in [0.25, 0.3) is 0 Å². The molecule has 0 fully saturated rings. The molecule has 0 aromatic carbocycles. The summed E-state index contributed by atoms with van der Waals surface area (Å²) in [7, 11) is -4.38. The van der Waals surface area contributed by atoms with Crippen molar-refractivity contribution in [2.45, 2.75) is 225 Å². The number of phosphoric acid groups is 1. The normalized spacial score (nSPS) is 13.5. The predicted octanol–water partition coefficient (Wildman–Crippen LogP) is 13.7. The first kappa shape index (κ1) is 55.2. The van der Waals surface area contributed by atoms with E-state index in [1.165, 1.54) is 122 Å². The van der Waals surface area contributed by atoms with Gasteiger partial charge < -0.3 is 20.1 Å². The Labute approximate surface area is 350 Å². The van der Waals surface area contributed by atoms with Crippen molar-refractivity contribution < 1.29 is 37.6 Å². The van der Waals surface area contributed by atoms with Crippen molar-refractivity contribution in [3.8, 4) is 0 Å². The Kier molecular flexibility index (Phi) is 42.4. The number of phosphoric ester groups is 1. The van der Waals surface area contributed by atoms with Gasteiger partial charge in [0.2, 0.25) is 0 Å². The van der Waals surface area contributed by atoms with Gasteiger partial charge in [0.15, 0.2) is 6.10 Å². The first-order valence-corrected chi connectivity index (χ1v) is 25.0. The number of ether oxygens (including phenoxy) is 2. The Hall–Kier alpha value is -1.77. The zero-order valence-electron chi connectivity index (χ0n) is 36.8. The van der Waals surface area contributed by atoms with Crippen LogP contribution < -0.4 is 5.73 Å². The molecular weight excluding hydrogens is 737 g/mol. The van der Waals surface area contributed by atoms with Crippen molar-refractivity contribution in [3.63, 3.8) is 0 Å². The molecule has 0 rings (SSSR count). The van der Waals surface area contributed by atoms with Crippen LogP contribution in [-0.2, 0) is 32.7 Å². The molecule has 10 heteroatoms. The summed E-state index contributed by atoms with van der Waals surface area (Å²) in [6.07, 6.45) is 48.9. The second kappa shape index (κ2) is 43.8. The second-order valence-electron chi connectivity index (χ2n) is 15.6. The number of rotatable bonds is 44. The fourth-order valence-corrected chi connectivity index (χ4v) is 7.36. The minimum atomic E-state index is -4.38. The molecule has 3 N–H and O–H groups in total. The number of esters is 2. The monoisotopic (exact) mass is 826 g/mol. The molecule has 2 atom stereocenters. The van der Waals surface area contributed by atoms with Gasteiger partial charge in [-0.2, -0.15) is 0 Å². The van der Waals surface area contributed by atoms with Gasteiger partial charge in [-0.05, 0) is 44.9 Å². The molecule has 0 amide bonds. The molecule has 0 aliphatic heterocycles. The Bertz CT molecular complexity index is 1030. The third kappa shape index (κ3) is 43.6. The average Bonchev–Trinajstić information content (AvgIpc) is 3.20. The van der Waals surface area contributed by atoms with Crippen LogP contribution in [0.3, 0.4) is 0 Å². The molecule has 334 valence electrons. The highest BCUT2D eigenvalue weighted by atomic mass is 31.2. The van der Waals surface area contributed by atoms with Gasteiger partial charge in [0, 0.05) is 19.4 Å². The smallest absolute Gasteiger partial charge is 0.462 e. The summed E-state index contributed by atoms with van der Waals surface area (Å²) in [6, 6.07) is 0. The van der Waals surface area contributed by atoms with Crippen molar-refractivity contribution >= 4 is 19.8 Å². The largest absolute Gasteiger partial charge is 0.472 e. The van der Waals surface area contributed by atoms with Crippen LogP contribution in [0.5, 0.6) is 0 Å². The Morgan fingerprint density at radius 2 is 0.965 bits per heavy atom. The molecule has 9 nitrogen and oxygen atoms in total. The van der Waals surface area contributed by atoms with E-state index in [2.05, 4.69) is 50.3 Å². The Morgan fingerprint density at radius 3 is 1.44 bits per heavy atom. The third-order valence-electron chi connectivity index (χ3n) is 10.0. The van der Waals surface area contributed by atoms with Crippen LogP contribution in [0, 0.1) is 0 Å². The van der Waals surface area contributed by atoms with Crippen LogP contribution in [0.1, 0.15) is 219 Å². The number of nitrogens with two attached hydrogens (primary N) is 1. The van der Waals surface area contributed by atoms with E-state index in [0.29, 0.717) is 6.42 Å². The Balaban J connectivity index is 4.08. The van der Waals surface area contributed by atoms with E-state index >= 15 is 0 Å². The summed E-state index contributed by atoms with van der Waals surface area (Å²) in [5.74, 6) is -0.832. The topological polar surface area (TPSA) is 134 Å². The first-order valence-electron chi connectivity index (χ1n) is 23.5. The predicted molar refractivity (Wildman–Crippen MR) is 238 cm³/mol. The maximum absolute atomic E-state index is 12.6. The minimum absolute atomic E-state index is 0.0522. The van der Waals surface area contributed by atoms with Gasteiger partial charge in [-0.1, -0.05) is 198 Å². The van der Waals surface area contributed by atoms with E-state index < -0.39 is 26.5 Å². The molecule has 0 aliphatic rings. The van der Waals surface area contributed by atoms with Crippen molar-refractivity contribution in [3.05, 3.63) is 36.5 Å². The van der Waals surface area contributed by atoms with E-state index in [4.69, 9.17) is 24.3 Å². The standard InChI is InChI=1S/C47H88NO8P/c1-3-5-7-9-11-13-15-17-19-21-22-24-25-27-29-31-33-35-37-39-46(49)53-43-45(44-55-57(51,52)54-42-41-48)56-47(50)40-38-36-34-32-30-28-26-23-20-18-16-14-12-10-8-6-4-2/h6,8,12,14,18,20,45H,3-5,7,9-11,13,15-17,19,21-44,48H2,1-2H3,(H,51,52)/b8-6-,14-12-,20-18-. The highest BCUT2D eigenvalue weighted by Crippen LogP contribution is 2.43. The lowest BCUT2D eigenvalue weighted by Crippen LogP contribution is -2.29. The number of hydrogen-bond acceptors (Lipinski definition) is 8. The fraction of sp³-hybridized carbons (Fsp3) is 0.830. The molecule has 57 heavy (non-hydrogen) atoms. The first-order chi connectivity index (χ1) is 27.8. The SMILES string of the molecule is CC/C=C\C/C=C\C/C=C\CCCCCCCCCC(=O)OC(COC(=O)CCCCCCCCCCCCCCCCCCCCC)COP(=O)(O)OCCN. The molecule has 0 aliphatic carbocycles. The van der Waals surface area contributed by atoms with E-state index in [1.54, 1.807) is 0 Å². The molecular formula is C47H88NO8P. The summed E-state index contributed by atoms with van der Waals surface area (Å²) in [5, 5.41) is 0. The number of carbonyl (C=O) groups excluding carboxylic acids is 2. The molecule has 0 spiro atoms. The molecule has 0 aromatic rings. The van der Waals surface area contributed by atoms with Gasteiger partial charge in [0.05, 0.1) is 13.2 Å². The van der Waals surface area contributed by atoms with E-state index in [0.717, 1.165) is 64.2 Å². The van der Waals surface area contributed by atoms with Gasteiger partial charge in [0.1, 0.15) is 6.61 Å². The van der Waals surface area contributed by atoms with Crippen LogP contribution >= 0.6 is 7.82 Å². The van der Waals surface area contributed by atoms with Gasteiger partial charge in [-0.3, -0.25) is 18.6 Å². The molecule has 0 saturated heterocycles. The summed E-state index contributed by atoms with van der Waals surface area (Å²) in [4.78, 5) is 35.0. The quantitative estimate of drug-likeness (QED) is 0.0266. The van der Waals surface area contributed by atoms with Crippen LogP contribution in [-0.4, -0.2) is 49.3 Å². The highest BCUT2D eigenvalue weighted by molar-refractivity contribution is 7.47. The molecule has 0 aromatic heterocycles. The molecule has 0 bridgehead atoms. The average molecular weight is 826 g/mol. The van der Waals surface area contributed by atoms with E-state index in [9.17, 15) is 19.0 Å². The zero-order chi connectivity index (χ0) is 41.8. The number of carbonyl (C=O) groups is 2. The highest BCUT2D eigenvalue weighted by Gasteiger charge is 2.26. The van der Waals surface area contributed by atoms with Crippen molar-refractivity contribution in [1.29, 1.82) is 0 Å². The van der Waals surface area contributed by atoms with E-state index in [-0.39, 0.29) is 38.6 Å². The summed E-state index contributed by atoms with van der Waals surface area (Å²) < 4.78 is 32.8. The van der Waals surface area contributed by atoms with Gasteiger partial charge >= 0.3 is 19.8 Å². The number of hydrogen-bond donors (Lipinski definition) is 2. The lowest BCUT2D eigenvalue weighted by Gasteiger charge is -2.19. The lowest BCUT2D eigenvalue weighted by molar-refractivity contribution is -0.161. The number of unbranched alkanes of at least 4 members (excludes halogenated alkanes) is 25. The molecule has 0 heterocycles. The van der Waals surface area contributed by atoms with E-state index in [1.807, 2.05) is 0 Å². The van der Waals surface area contributed by atoms with Gasteiger partial charge in [-0.15, -0.1) is 0 Å².